The highest BCUT2D eigenvalue weighted by molar-refractivity contribution is 7.89. The average Bonchev–Trinajstić information content (AvgIpc) is 2.94. The lowest BCUT2D eigenvalue weighted by atomic mass is 10.2. The zero-order chi connectivity index (χ0) is 20.5. The number of nitro benzene ring substituents is 1. The number of benzene rings is 2. The van der Waals surface area contributed by atoms with Crippen molar-refractivity contribution in [1.82, 2.24) is 4.98 Å². The molecule has 1 heterocycles. The van der Waals surface area contributed by atoms with Crippen LogP contribution in [-0.4, -0.2) is 28.5 Å². The molecule has 5 N–H and O–H groups in total. The molecular weight excluding hydrogens is 408 g/mol. The Balaban J connectivity index is 1.81. The van der Waals surface area contributed by atoms with Gasteiger partial charge in [0.05, 0.1) is 15.3 Å². The van der Waals surface area contributed by atoms with Crippen molar-refractivity contribution in [1.29, 1.82) is 0 Å². The standard InChI is InChI=1S/C15H12N6O5S2/c16-28(25,26)10-4-1-8(2-5-10)17-15(27)20-19-13-11-7-9(21(23)24)3-6-12(11)18-14(13)22/h1-7,18,22H,(H,17,27)(H2,16,25,26). The molecule has 0 bridgehead atoms. The lowest BCUT2D eigenvalue weighted by Gasteiger charge is -2.04. The van der Waals surface area contributed by atoms with Crippen LogP contribution in [0.25, 0.3) is 10.9 Å². The van der Waals surface area contributed by atoms with Gasteiger partial charge in [0, 0.05) is 23.2 Å². The average molecular weight is 420 g/mol. The van der Waals surface area contributed by atoms with E-state index in [1.165, 1.54) is 42.5 Å². The van der Waals surface area contributed by atoms with Crippen LogP contribution in [0.15, 0.2) is 57.6 Å². The number of thiocarbonyl (C=S) groups is 1. The fourth-order valence-corrected chi connectivity index (χ4v) is 3.01. The van der Waals surface area contributed by atoms with Gasteiger partial charge in [0.1, 0.15) is 0 Å². The van der Waals surface area contributed by atoms with Gasteiger partial charge in [-0.1, -0.05) is 0 Å². The van der Waals surface area contributed by atoms with Gasteiger partial charge in [0.15, 0.2) is 5.69 Å². The molecule has 1 aromatic heterocycles. The largest absolute Gasteiger partial charge is 0.493 e. The molecular formula is C15H12N6O5S2. The fraction of sp³-hybridized carbons (Fsp3) is 0. The van der Waals surface area contributed by atoms with Crippen molar-refractivity contribution in [2.45, 2.75) is 4.90 Å². The summed E-state index contributed by atoms with van der Waals surface area (Å²) in [6, 6.07) is 9.45. The van der Waals surface area contributed by atoms with Gasteiger partial charge in [-0.25, -0.2) is 13.6 Å². The Labute approximate surface area is 163 Å². The third-order valence-electron chi connectivity index (χ3n) is 3.62. The van der Waals surface area contributed by atoms with E-state index in [2.05, 4.69) is 20.5 Å². The van der Waals surface area contributed by atoms with E-state index in [1.807, 2.05) is 0 Å². The lowest BCUT2D eigenvalue weighted by molar-refractivity contribution is -0.384. The predicted octanol–water partition coefficient (Wildman–Crippen LogP) is 2.91. The third kappa shape index (κ3) is 4.11. The minimum atomic E-state index is -3.80. The molecule has 28 heavy (non-hydrogen) atoms. The van der Waals surface area contributed by atoms with Gasteiger partial charge in [-0.15, -0.1) is 10.2 Å². The number of anilines is 1. The maximum Gasteiger partial charge on any atom is 0.270 e. The third-order valence-corrected chi connectivity index (χ3v) is 4.73. The first-order chi connectivity index (χ1) is 13.1. The van der Waals surface area contributed by atoms with E-state index in [0.29, 0.717) is 16.6 Å². The summed E-state index contributed by atoms with van der Waals surface area (Å²) in [6.07, 6.45) is 0. The van der Waals surface area contributed by atoms with Gasteiger partial charge in [0.25, 0.3) is 5.69 Å². The molecule has 0 aliphatic carbocycles. The van der Waals surface area contributed by atoms with Gasteiger partial charge in [-0.3, -0.25) is 10.1 Å². The highest BCUT2D eigenvalue weighted by atomic mass is 32.2. The molecule has 0 saturated heterocycles. The van der Waals surface area contributed by atoms with E-state index >= 15 is 0 Å². The van der Waals surface area contributed by atoms with Crippen molar-refractivity contribution in [3.63, 3.8) is 0 Å². The highest BCUT2D eigenvalue weighted by Crippen LogP contribution is 2.37. The summed E-state index contributed by atoms with van der Waals surface area (Å²) in [7, 11) is -3.80. The normalized spacial score (nSPS) is 11.8. The Morgan fingerprint density at radius 1 is 1.25 bits per heavy atom. The van der Waals surface area contributed by atoms with Gasteiger partial charge in [0.2, 0.25) is 21.0 Å². The number of rotatable bonds is 4. The monoisotopic (exact) mass is 420 g/mol. The van der Waals surface area contributed by atoms with E-state index < -0.39 is 14.9 Å². The molecule has 3 rings (SSSR count). The summed E-state index contributed by atoms with van der Waals surface area (Å²) in [5, 5.41) is 36.5. The number of fused-ring (bicyclic) bond motifs is 1. The Bertz CT molecular complexity index is 1220. The van der Waals surface area contributed by atoms with Gasteiger partial charge < -0.3 is 15.4 Å². The predicted molar refractivity (Wildman–Crippen MR) is 105 cm³/mol. The van der Waals surface area contributed by atoms with Crippen LogP contribution in [0.5, 0.6) is 5.88 Å². The molecule has 0 fully saturated rings. The zero-order valence-corrected chi connectivity index (χ0v) is 15.5. The molecule has 0 aliphatic heterocycles. The molecule has 0 amide bonds. The molecule has 0 unspecified atom stereocenters. The van der Waals surface area contributed by atoms with Crippen LogP contribution in [0.1, 0.15) is 0 Å². The van der Waals surface area contributed by atoms with Crippen LogP contribution in [-0.2, 0) is 10.0 Å². The number of aromatic hydroxyl groups is 1. The van der Waals surface area contributed by atoms with E-state index in [-0.39, 0.29) is 27.3 Å². The topological polar surface area (TPSA) is 176 Å². The number of hydrogen-bond donors (Lipinski definition) is 4. The van der Waals surface area contributed by atoms with E-state index in [1.54, 1.807) is 0 Å². The minimum Gasteiger partial charge on any atom is -0.493 e. The summed E-state index contributed by atoms with van der Waals surface area (Å²) >= 11 is 5.03. The van der Waals surface area contributed by atoms with Gasteiger partial charge >= 0.3 is 0 Å². The highest BCUT2D eigenvalue weighted by Gasteiger charge is 2.15. The van der Waals surface area contributed by atoms with Crippen LogP contribution in [0, 0.1) is 10.1 Å². The van der Waals surface area contributed by atoms with Crippen LogP contribution >= 0.6 is 12.2 Å². The first kappa shape index (κ1) is 19.3. The van der Waals surface area contributed by atoms with Crippen LogP contribution in [0.2, 0.25) is 0 Å². The summed E-state index contributed by atoms with van der Waals surface area (Å²) in [5.41, 5.74) is 0.704. The molecule has 144 valence electrons. The second kappa shape index (κ2) is 7.30. The number of nitrogens with zero attached hydrogens (tertiary/aromatic N) is 3. The summed E-state index contributed by atoms with van der Waals surface area (Å²) < 4.78 is 22.5. The van der Waals surface area contributed by atoms with Crippen molar-refractivity contribution >= 4 is 55.3 Å². The maximum absolute atomic E-state index is 11.2. The van der Waals surface area contributed by atoms with Gasteiger partial charge in [-0.05, 0) is 42.5 Å². The van der Waals surface area contributed by atoms with Crippen molar-refractivity contribution in [3.8, 4) is 5.88 Å². The lowest BCUT2D eigenvalue weighted by Crippen LogP contribution is -2.12. The van der Waals surface area contributed by atoms with E-state index in [4.69, 9.17) is 17.4 Å². The smallest absolute Gasteiger partial charge is 0.270 e. The van der Waals surface area contributed by atoms with Crippen molar-refractivity contribution in [2.75, 3.05) is 5.32 Å². The number of hydrogen-bond acceptors (Lipinski definition) is 7. The molecule has 0 atom stereocenters. The number of non-ortho nitro benzene ring substituents is 1. The van der Waals surface area contributed by atoms with Crippen molar-refractivity contribution in [2.24, 2.45) is 15.4 Å². The number of aromatic nitrogens is 1. The molecule has 11 nitrogen and oxygen atoms in total. The second-order valence-corrected chi connectivity index (χ2v) is 7.46. The SMILES string of the molecule is NS(=O)(=O)c1ccc(NC(=S)N=Nc2c(O)[nH]c3ccc([N+](=O)[O-])cc23)cc1. The maximum atomic E-state index is 11.2. The first-order valence-electron chi connectivity index (χ1n) is 7.50. The van der Waals surface area contributed by atoms with Gasteiger partial charge in [-0.2, -0.15) is 0 Å². The number of nitrogens with two attached hydrogens (primary N) is 1. The van der Waals surface area contributed by atoms with Crippen LogP contribution in [0.3, 0.4) is 0 Å². The minimum absolute atomic E-state index is 0.00702. The first-order valence-corrected chi connectivity index (χ1v) is 9.45. The zero-order valence-electron chi connectivity index (χ0n) is 13.9. The number of azo groups is 1. The number of aromatic amines is 1. The quantitative estimate of drug-likeness (QED) is 0.217. The number of sulfonamides is 1. The Morgan fingerprint density at radius 3 is 2.54 bits per heavy atom. The van der Waals surface area contributed by atoms with E-state index in [0.717, 1.165) is 0 Å². The Morgan fingerprint density at radius 2 is 1.93 bits per heavy atom. The van der Waals surface area contributed by atoms with Crippen LogP contribution < -0.4 is 10.5 Å². The number of nitro groups is 1. The Kier molecular flexibility index (Phi) is 5.04. The summed E-state index contributed by atoms with van der Waals surface area (Å²) in [6.45, 7) is 0. The van der Waals surface area contributed by atoms with Crippen molar-refractivity contribution < 1.29 is 18.4 Å². The molecule has 0 saturated carbocycles. The molecule has 3 aromatic rings. The molecule has 13 heteroatoms. The van der Waals surface area contributed by atoms with Crippen LogP contribution in [0.4, 0.5) is 17.1 Å². The Hall–Kier alpha value is -3.42. The molecule has 0 spiro atoms. The number of H-pyrrole nitrogens is 1. The van der Waals surface area contributed by atoms with Crippen molar-refractivity contribution in [3.05, 3.63) is 52.6 Å². The molecule has 0 aliphatic rings. The summed E-state index contributed by atoms with van der Waals surface area (Å²) in [5.74, 6) is -0.320. The second-order valence-electron chi connectivity index (χ2n) is 5.51. The number of primary sulfonamides is 1. The summed E-state index contributed by atoms with van der Waals surface area (Å²) in [4.78, 5) is 12.9. The number of nitrogens with one attached hydrogen (secondary N) is 2. The van der Waals surface area contributed by atoms with E-state index in [9.17, 15) is 23.6 Å². The molecule has 0 radical (unpaired) electrons. The molecule has 2 aromatic carbocycles. The fourth-order valence-electron chi connectivity index (χ4n) is 2.34.